The van der Waals surface area contributed by atoms with Gasteiger partial charge < -0.3 is 9.64 Å². The third-order valence-corrected chi connectivity index (χ3v) is 3.62. The van der Waals surface area contributed by atoms with Gasteiger partial charge in [-0.25, -0.2) is 0 Å². The largest absolute Gasteiger partial charge is 0.377 e. The van der Waals surface area contributed by atoms with E-state index in [0.29, 0.717) is 23.7 Å². The molecule has 0 radical (unpaired) electrons. The number of amides is 1. The molecule has 0 aliphatic carbocycles. The molecule has 0 fully saturated rings. The molecule has 3 nitrogen and oxygen atoms in total. The minimum absolute atomic E-state index is 0.0586. The number of carbonyl (C=O) groups is 1. The molecule has 18 heavy (non-hydrogen) atoms. The molecule has 1 rings (SSSR count). The van der Waals surface area contributed by atoms with Gasteiger partial charge in [-0.3, -0.25) is 4.79 Å². The minimum atomic E-state index is -0.0586. The summed E-state index contributed by atoms with van der Waals surface area (Å²) in [5.41, 5.74) is 0.579. The van der Waals surface area contributed by atoms with Gasteiger partial charge in [0.2, 0.25) is 0 Å². The van der Waals surface area contributed by atoms with Crippen LogP contribution in [0.15, 0.2) is 22.7 Å². The third kappa shape index (κ3) is 4.59. The van der Waals surface area contributed by atoms with Crippen molar-refractivity contribution >= 4 is 33.4 Å². The molecule has 1 aromatic carbocycles. The minimum Gasteiger partial charge on any atom is -0.377 e. The van der Waals surface area contributed by atoms with Crippen molar-refractivity contribution in [3.8, 4) is 0 Å². The Hall–Kier alpha value is -0.580. The lowest BCUT2D eigenvalue weighted by molar-refractivity contribution is 0.0532. The second-order valence-electron chi connectivity index (χ2n) is 4.28. The lowest BCUT2D eigenvalue weighted by atomic mass is 10.2. The van der Waals surface area contributed by atoms with Gasteiger partial charge in [-0.2, -0.15) is 0 Å². The number of rotatable bonds is 5. The number of hydrogen-bond acceptors (Lipinski definition) is 2. The lowest BCUT2D eigenvalue weighted by Crippen LogP contribution is -2.30. The number of nitrogens with zero attached hydrogens (tertiary/aromatic N) is 1. The highest BCUT2D eigenvalue weighted by atomic mass is 79.9. The fourth-order valence-electron chi connectivity index (χ4n) is 1.38. The summed E-state index contributed by atoms with van der Waals surface area (Å²) < 4.78 is 6.20. The number of carbonyl (C=O) groups excluding carboxylic acids is 1. The second-order valence-corrected chi connectivity index (χ2v) is 5.54. The summed E-state index contributed by atoms with van der Waals surface area (Å²) >= 11 is 9.26. The Labute approximate surface area is 121 Å². The molecule has 0 heterocycles. The standard InChI is InChI=1S/C13H17BrClNO2/c1-9(2)18-7-6-16(3)13(17)10-4-5-11(14)12(15)8-10/h4-5,8-9H,6-7H2,1-3H3. The highest BCUT2D eigenvalue weighted by molar-refractivity contribution is 9.10. The predicted octanol–water partition coefficient (Wildman–Crippen LogP) is 3.60. The third-order valence-electron chi connectivity index (χ3n) is 2.39. The SMILES string of the molecule is CC(C)OCCN(C)C(=O)c1ccc(Br)c(Cl)c1. The molecule has 0 unspecified atom stereocenters. The zero-order valence-electron chi connectivity index (χ0n) is 10.7. The zero-order valence-corrected chi connectivity index (χ0v) is 13.1. The molecule has 0 spiro atoms. The lowest BCUT2D eigenvalue weighted by Gasteiger charge is -2.18. The first kappa shape index (κ1) is 15.5. The first-order valence-electron chi connectivity index (χ1n) is 5.74. The van der Waals surface area contributed by atoms with Gasteiger partial charge in [-0.05, 0) is 48.0 Å². The van der Waals surface area contributed by atoms with E-state index in [4.69, 9.17) is 16.3 Å². The van der Waals surface area contributed by atoms with Crippen molar-refractivity contribution in [2.75, 3.05) is 20.2 Å². The summed E-state index contributed by atoms with van der Waals surface area (Å²) in [6.45, 7) is 5.03. The molecule has 0 aliphatic rings. The van der Waals surface area contributed by atoms with E-state index in [1.54, 1.807) is 30.1 Å². The van der Waals surface area contributed by atoms with Gasteiger partial charge >= 0.3 is 0 Å². The summed E-state index contributed by atoms with van der Waals surface area (Å²) in [7, 11) is 1.75. The normalized spacial score (nSPS) is 10.8. The maximum atomic E-state index is 12.1. The van der Waals surface area contributed by atoms with E-state index in [1.807, 2.05) is 13.8 Å². The number of halogens is 2. The van der Waals surface area contributed by atoms with Crippen LogP contribution in [0.1, 0.15) is 24.2 Å². The molecule has 0 atom stereocenters. The molecule has 1 aromatic rings. The molecule has 0 bridgehead atoms. The van der Waals surface area contributed by atoms with Crippen LogP contribution >= 0.6 is 27.5 Å². The van der Waals surface area contributed by atoms with Crippen molar-refractivity contribution in [3.63, 3.8) is 0 Å². The molecule has 100 valence electrons. The number of benzene rings is 1. The van der Waals surface area contributed by atoms with Crippen LogP contribution < -0.4 is 0 Å². The van der Waals surface area contributed by atoms with E-state index in [2.05, 4.69) is 15.9 Å². The van der Waals surface area contributed by atoms with E-state index in [9.17, 15) is 4.79 Å². The van der Waals surface area contributed by atoms with Crippen molar-refractivity contribution in [1.82, 2.24) is 4.90 Å². The van der Waals surface area contributed by atoms with Crippen LogP contribution in [-0.4, -0.2) is 37.1 Å². The van der Waals surface area contributed by atoms with Crippen LogP contribution in [0, 0.1) is 0 Å². The summed E-state index contributed by atoms with van der Waals surface area (Å²) in [4.78, 5) is 13.7. The van der Waals surface area contributed by atoms with Crippen LogP contribution in [0.3, 0.4) is 0 Å². The molecular weight excluding hydrogens is 318 g/mol. The van der Waals surface area contributed by atoms with Crippen molar-refractivity contribution in [1.29, 1.82) is 0 Å². The Morgan fingerprint density at radius 1 is 1.50 bits per heavy atom. The van der Waals surface area contributed by atoms with E-state index >= 15 is 0 Å². The Morgan fingerprint density at radius 2 is 2.17 bits per heavy atom. The van der Waals surface area contributed by atoms with Crippen LogP contribution in [0.5, 0.6) is 0 Å². The molecule has 5 heteroatoms. The van der Waals surface area contributed by atoms with Gasteiger partial charge in [0.25, 0.3) is 5.91 Å². The van der Waals surface area contributed by atoms with E-state index in [-0.39, 0.29) is 12.0 Å². The first-order chi connectivity index (χ1) is 8.41. The molecule has 0 N–H and O–H groups in total. The molecule has 0 aliphatic heterocycles. The topological polar surface area (TPSA) is 29.5 Å². The Bertz CT molecular complexity index is 423. The first-order valence-corrected chi connectivity index (χ1v) is 6.91. The molecule has 0 saturated carbocycles. The number of ether oxygens (including phenoxy) is 1. The molecule has 0 saturated heterocycles. The molecule has 1 amide bonds. The Morgan fingerprint density at radius 3 is 2.72 bits per heavy atom. The van der Waals surface area contributed by atoms with E-state index in [0.717, 1.165) is 4.47 Å². The average molecular weight is 335 g/mol. The quantitative estimate of drug-likeness (QED) is 0.823. The van der Waals surface area contributed by atoms with Crippen molar-refractivity contribution in [2.24, 2.45) is 0 Å². The number of hydrogen-bond donors (Lipinski definition) is 0. The predicted molar refractivity (Wildman–Crippen MR) is 77.2 cm³/mol. The monoisotopic (exact) mass is 333 g/mol. The second kappa shape index (κ2) is 7.12. The van der Waals surface area contributed by atoms with Crippen LogP contribution in [0.2, 0.25) is 5.02 Å². The van der Waals surface area contributed by atoms with Crippen molar-refractivity contribution < 1.29 is 9.53 Å². The fourth-order valence-corrected chi connectivity index (χ4v) is 1.80. The van der Waals surface area contributed by atoms with Gasteiger partial charge in [-0.1, -0.05) is 11.6 Å². The van der Waals surface area contributed by atoms with Gasteiger partial charge in [0.1, 0.15) is 0 Å². The summed E-state index contributed by atoms with van der Waals surface area (Å²) in [6.07, 6.45) is 0.177. The van der Waals surface area contributed by atoms with Gasteiger partial charge in [-0.15, -0.1) is 0 Å². The highest BCUT2D eigenvalue weighted by Crippen LogP contribution is 2.23. The summed E-state index contributed by atoms with van der Waals surface area (Å²) in [5, 5.41) is 0.535. The van der Waals surface area contributed by atoms with Crippen molar-refractivity contribution in [3.05, 3.63) is 33.3 Å². The smallest absolute Gasteiger partial charge is 0.253 e. The van der Waals surface area contributed by atoms with Gasteiger partial charge in [0.05, 0.1) is 17.7 Å². The summed E-state index contributed by atoms with van der Waals surface area (Å²) in [5.74, 6) is -0.0586. The highest BCUT2D eigenvalue weighted by Gasteiger charge is 2.12. The number of likely N-dealkylation sites (N-methyl/N-ethyl adjacent to an activating group) is 1. The molecular formula is C13H17BrClNO2. The molecule has 0 aromatic heterocycles. The van der Waals surface area contributed by atoms with E-state index in [1.165, 1.54) is 0 Å². The Kier molecular flexibility index (Phi) is 6.12. The van der Waals surface area contributed by atoms with Crippen LogP contribution in [0.4, 0.5) is 0 Å². The van der Waals surface area contributed by atoms with Crippen LogP contribution in [-0.2, 0) is 4.74 Å². The van der Waals surface area contributed by atoms with Crippen molar-refractivity contribution in [2.45, 2.75) is 20.0 Å². The fraction of sp³-hybridized carbons (Fsp3) is 0.462. The van der Waals surface area contributed by atoms with Gasteiger partial charge in [0, 0.05) is 23.6 Å². The zero-order chi connectivity index (χ0) is 13.7. The maximum Gasteiger partial charge on any atom is 0.253 e. The average Bonchev–Trinajstić information content (AvgIpc) is 2.31. The van der Waals surface area contributed by atoms with Gasteiger partial charge in [0.15, 0.2) is 0 Å². The summed E-state index contributed by atoms with van der Waals surface area (Å²) in [6, 6.07) is 5.18. The van der Waals surface area contributed by atoms with Crippen LogP contribution in [0.25, 0.3) is 0 Å². The van der Waals surface area contributed by atoms with E-state index < -0.39 is 0 Å². The maximum absolute atomic E-state index is 12.1. The Balaban J connectivity index is 2.60.